The fourth-order valence-corrected chi connectivity index (χ4v) is 3.91. The zero-order valence-corrected chi connectivity index (χ0v) is 13.4. The zero-order chi connectivity index (χ0) is 16.6. The van der Waals surface area contributed by atoms with Gasteiger partial charge in [-0.05, 0) is 12.8 Å². The summed E-state index contributed by atoms with van der Waals surface area (Å²) in [6, 6.07) is 0.292. The maximum absolute atomic E-state index is 12.0. The highest BCUT2D eigenvalue weighted by molar-refractivity contribution is 5.85. The third-order valence-electron chi connectivity index (χ3n) is 5.16. The molecule has 8 nitrogen and oxygen atoms in total. The summed E-state index contributed by atoms with van der Waals surface area (Å²) in [6.45, 7) is 4.59. The van der Waals surface area contributed by atoms with Gasteiger partial charge in [0, 0.05) is 39.1 Å². The van der Waals surface area contributed by atoms with Crippen molar-refractivity contribution in [3.8, 4) is 0 Å². The largest absolute Gasteiger partial charge is 0.368 e. The number of hydrogen-bond donors (Lipinski definition) is 1. The molecular weight excluding hydrogens is 300 g/mol. The molecule has 8 heteroatoms. The van der Waals surface area contributed by atoms with Crippen LogP contribution >= 0.6 is 0 Å². The summed E-state index contributed by atoms with van der Waals surface area (Å²) in [5.74, 6) is -0.536. The first-order valence-electron chi connectivity index (χ1n) is 8.14. The predicted octanol–water partition coefficient (Wildman–Crippen LogP) is -1.61. The summed E-state index contributed by atoms with van der Waals surface area (Å²) in [4.78, 5) is 40.4. The van der Waals surface area contributed by atoms with Crippen LogP contribution in [0, 0.1) is 0 Å². The van der Waals surface area contributed by atoms with Gasteiger partial charge in [-0.2, -0.15) is 0 Å². The Hall–Kier alpha value is -1.67. The minimum Gasteiger partial charge on any atom is -0.368 e. The first-order chi connectivity index (χ1) is 11.0. The Balaban J connectivity index is 1.62. The van der Waals surface area contributed by atoms with E-state index in [1.807, 2.05) is 4.90 Å². The van der Waals surface area contributed by atoms with Gasteiger partial charge < -0.3 is 20.3 Å². The summed E-state index contributed by atoms with van der Waals surface area (Å²) in [5, 5.41) is 0. The van der Waals surface area contributed by atoms with Crippen molar-refractivity contribution in [1.82, 2.24) is 14.7 Å². The molecule has 0 aliphatic carbocycles. The second-order valence-electron chi connectivity index (χ2n) is 6.60. The fourth-order valence-electron chi connectivity index (χ4n) is 3.91. The lowest BCUT2D eigenvalue weighted by Gasteiger charge is -2.37. The Bertz CT molecular complexity index is 504. The number of morpholine rings is 1. The monoisotopic (exact) mass is 324 g/mol. The number of primary amides is 1. The fraction of sp³-hybridized carbons (Fsp3) is 0.800. The Kier molecular flexibility index (Phi) is 4.54. The van der Waals surface area contributed by atoms with E-state index in [9.17, 15) is 14.4 Å². The van der Waals surface area contributed by atoms with E-state index in [4.69, 9.17) is 10.5 Å². The second-order valence-corrected chi connectivity index (χ2v) is 6.60. The molecule has 3 saturated heterocycles. The number of amides is 3. The molecule has 128 valence electrons. The van der Waals surface area contributed by atoms with Gasteiger partial charge in [0.05, 0.1) is 18.7 Å². The molecule has 0 aromatic carbocycles. The van der Waals surface area contributed by atoms with Crippen LogP contribution in [0.2, 0.25) is 0 Å². The van der Waals surface area contributed by atoms with E-state index in [1.165, 1.54) is 0 Å². The smallest absolute Gasteiger partial charge is 0.249 e. The first kappa shape index (κ1) is 16.2. The van der Waals surface area contributed by atoms with E-state index in [1.54, 1.807) is 11.8 Å². The zero-order valence-electron chi connectivity index (χ0n) is 13.4. The Morgan fingerprint density at radius 2 is 1.96 bits per heavy atom. The molecule has 0 aromatic heterocycles. The Labute approximate surface area is 135 Å². The van der Waals surface area contributed by atoms with E-state index in [-0.39, 0.29) is 37.1 Å². The van der Waals surface area contributed by atoms with Crippen molar-refractivity contribution in [2.24, 2.45) is 5.73 Å². The van der Waals surface area contributed by atoms with Crippen molar-refractivity contribution in [2.75, 3.05) is 39.3 Å². The van der Waals surface area contributed by atoms with Gasteiger partial charge >= 0.3 is 0 Å². The number of rotatable bonds is 3. The first-order valence-corrected chi connectivity index (χ1v) is 8.14. The van der Waals surface area contributed by atoms with Gasteiger partial charge in [0.2, 0.25) is 17.7 Å². The maximum Gasteiger partial charge on any atom is 0.249 e. The number of carbonyl (C=O) groups is 3. The molecule has 3 rings (SSSR count). The van der Waals surface area contributed by atoms with Gasteiger partial charge in [0.25, 0.3) is 0 Å². The van der Waals surface area contributed by atoms with Crippen molar-refractivity contribution in [2.45, 2.75) is 38.0 Å². The van der Waals surface area contributed by atoms with Crippen LogP contribution in [0.15, 0.2) is 0 Å². The van der Waals surface area contributed by atoms with Crippen molar-refractivity contribution >= 4 is 17.7 Å². The van der Waals surface area contributed by atoms with Gasteiger partial charge in [-0.3, -0.25) is 19.3 Å². The lowest BCUT2D eigenvalue weighted by atomic mass is 10.0. The summed E-state index contributed by atoms with van der Waals surface area (Å²) in [6.07, 6.45) is 1.81. The molecule has 0 radical (unpaired) electrons. The van der Waals surface area contributed by atoms with Gasteiger partial charge in [0.15, 0.2) is 0 Å². The average Bonchev–Trinajstić information content (AvgIpc) is 2.94. The summed E-state index contributed by atoms with van der Waals surface area (Å²) in [7, 11) is 0. The van der Waals surface area contributed by atoms with Crippen LogP contribution < -0.4 is 5.73 Å². The lowest BCUT2D eigenvalue weighted by molar-refractivity contribution is -0.155. The number of fused-ring (bicyclic) bond motifs is 1. The molecule has 3 aliphatic rings. The van der Waals surface area contributed by atoms with Crippen LogP contribution in [0.3, 0.4) is 0 Å². The number of hydrogen-bond acceptors (Lipinski definition) is 5. The molecule has 3 aliphatic heterocycles. The average molecular weight is 324 g/mol. The van der Waals surface area contributed by atoms with Crippen LogP contribution in [-0.2, 0) is 19.1 Å². The number of nitrogens with zero attached hydrogens (tertiary/aromatic N) is 3. The maximum atomic E-state index is 12.0. The van der Waals surface area contributed by atoms with Crippen molar-refractivity contribution in [3.63, 3.8) is 0 Å². The third-order valence-corrected chi connectivity index (χ3v) is 5.16. The molecule has 0 bridgehead atoms. The highest BCUT2D eigenvalue weighted by Crippen LogP contribution is 2.28. The van der Waals surface area contributed by atoms with E-state index >= 15 is 0 Å². The quantitative estimate of drug-likeness (QED) is 0.674. The van der Waals surface area contributed by atoms with Crippen LogP contribution in [0.1, 0.15) is 19.8 Å². The topological polar surface area (TPSA) is 96.2 Å². The summed E-state index contributed by atoms with van der Waals surface area (Å²) in [5.41, 5.74) is 5.26. The molecule has 0 saturated carbocycles. The van der Waals surface area contributed by atoms with E-state index in [0.29, 0.717) is 12.6 Å². The number of nitrogens with two attached hydrogens (primary N) is 1. The molecule has 3 fully saturated rings. The van der Waals surface area contributed by atoms with Gasteiger partial charge in [-0.15, -0.1) is 0 Å². The molecule has 2 atom stereocenters. The standard InChI is InChI=1S/C15H24N4O4/c1-10(20)17-4-2-11(3-5-17)18-6-12-13(7-18)23-9-15(22)19(12)8-14(16)21/h11-13H,2-9H2,1H3,(H2,16,21)/t12-,13+/m1/s1. The van der Waals surface area contributed by atoms with Crippen molar-refractivity contribution < 1.29 is 19.1 Å². The van der Waals surface area contributed by atoms with Gasteiger partial charge in [-0.25, -0.2) is 0 Å². The predicted molar refractivity (Wildman–Crippen MR) is 81.3 cm³/mol. The van der Waals surface area contributed by atoms with Crippen LogP contribution in [-0.4, -0.2) is 89.9 Å². The number of likely N-dealkylation sites (tertiary alicyclic amines) is 2. The highest BCUT2D eigenvalue weighted by Gasteiger charge is 2.45. The van der Waals surface area contributed by atoms with Crippen molar-refractivity contribution in [1.29, 1.82) is 0 Å². The normalized spacial score (nSPS) is 29.7. The number of ether oxygens (including phenoxy) is 1. The molecule has 0 aromatic rings. The van der Waals surface area contributed by atoms with Crippen LogP contribution in [0.5, 0.6) is 0 Å². The Morgan fingerprint density at radius 1 is 1.26 bits per heavy atom. The number of piperidine rings is 1. The molecule has 2 N–H and O–H groups in total. The second kappa shape index (κ2) is 6.45. The van der Waals surface area contributed by atoms with Crippen molar-refractivity contribution in [3.05, 3.63) is 0 Å². The highest BCUT2D eigenvalue weighted by atomic mass is 16.5. The molecular formula is C15H24N4O4. The molecule has 3 heterocycles. The molecule has 0 unspecified atom stereocenters. The minimum absolute atomic E-state index is 0.0189. The summed E-state index contributed by atoms with van der Waals surface area (Å²) < 4.78 is 5.66. The summed E-state index contributed by atoms with van der Waals surface area (Å²) >= 11 is 0. The van der Waals surface area contributed by atoms with Gasteiger partial charge in [0.1, 0.15) is 6.61 Å². The van der Waals surface area contributed by atoms with E-state index < -0.39 is 5.91 Å². The van der Waals surface area contributed by atoms with Crippen LogP contribution in [0.4, 0.5) is 0 Å². The Morgan fingerprint density at radius 3 is 2.57 bits per heavy atom. The molecule has 23 heavy (non-hydrogen) atoms. The van der Waals surface area contributed by atoms with E-state index in [2.05, 4.69) is 4.90 Å². The number of carbonyl (C=O) groups excluding carboxylic acids is 3. The molecule has 0 spiro atoms. The molecule has 3 amide bonds. The van der Waals surface area contributed by atoms with Crippen LogP contribution in [0.25, 0.3) is 0 Å². The van der Waals surface area contributed by atoms with E-state index in [0.717, 1.165) is 32.5 Å². The lowest BCUT2D eigenvalue weighted by Crippen LogP contribution is -2.56. The minimum atomic E-state index is -0.493. The van der Waals surface area contributed by atoms with Gasteiger partial charge in [-0.1, -0.05) is 0 Å². The SMILES string of the molecule is CC(=O)N1CCC(N2C[C@@H]3OCC(=O)N(CC(N)=O)[C@@H]3C2)CC1. The third kappa shape index (κ3) is 3.32.